The zero-order valence-electron chi connectivity index (χ0n) is 11.2. The van der Waals surface area contributed by atoms with Gasteiger partial charge in [0.1, 0.15) is 5.69 Å². The molecule has 5 nitrogen and oxygen atoms in total. The molecule has 3 heterocycles. The lowest BCUT2D eigenvalue weighted by Gasteiger charge is -2.21. The minimum absolute atomic E-state index is 0.0543. The molecule has 2 atom stereocenters. The Bertz CT molecular complexity index is 459. The number of hydrogen-bond acceptors (Lipinski definition) is 4. The SMILES string of the molecule is CNc1ccc(C(=O)NC2CCN3CCCC23)nc1. The predicted molar refractivity (Wildman–Crippen MR) is 74.2 cm³/mol. The maximum atomic E-state index is 12.2. The summed E-state index contributed by atoms with van der Waals surface area (Å²) in [5.41, 5.74) is 1.41. The largest absolute Gasteiger partial charge is 0.387 e. The van der Waals surface area contributed by atoms with E-state index < -0.39 is 0 Å². The third-order valence-electron chi connectivity index (χ3n) is 4.21. The third-order valence-corrected chi connectivity index (χ3v) is 4.21. The van der Waals surface area contributed by atoms with Crippen molar-refractivity contribution in [2.24, 2.45) is 0 Å². The van der Waals surface area contributed by atoms with Crippen LogP contribution in [0.3, 0.4) is 0 Å². The minimum atomic E-state index is -0.0543. The molecule has 2 N–H and O–H groups in total. The minimum Gasteiger partial charge on any atom is -0.387 e. The highest BCUT2D eigenvalue weighted by molar-refractivity contribution is 5.92. The van der Waals surface area contributed by atoms with E-state index in [-0.39, 0.29) is 5.91 Å². The van der Waals surface area contributed by atoms with E-state index in [1.807, 2.05) is 13.1 Å². The van der Waals surface area contributed by atoms with Crippen molar-refractivity contribution in [3.63, 3.8) is 0 Å². The Kier molecular flexibility index (Phi) is 3.38. The maximum Gasteiger partial charge on any atom is 0.270 e. The van der Waals surface area contributed by atoms with Gasteiger partial charge in [0.25, 0.3) is 5.91 Å². The number of aromatic nitrogens is 1. The number of nitrogens with one attached hydrogen (secondary N) is 2. The van der Waals surface area contributed by atoms with E-state index in [1.54, 1.807) is 12.3 Å². The molecule has 0 spiro atoms. The van der Waals surface area contributed by atoms with Crippen molar-refractivity contribution in [1.29, 1.82) is 0 Å². The fraction of sp³-hybridized carbons (Fsp3) is 0.571. The van der Waals surface area contributed by atoms with Crippen LogP contribution in [0.15, 0.2) is 18.3 Å². The van der Waals surface area contributed by atoms with E-state index in [1.165, 1.54) is 19.4 Å². The molecule has 2 aliphatic heterocycles. The van der Waals surface area contributed by atoms with Crippen LogP contribution in [0, 0.1) is 0 Å². The Morgan fingerprint density at radius 3 is 3.00 bits per heavy atom. The first-order chi connectivity index (χ1) is 9.28. The van der Waals surface area contributed by atoms with Crippen molar-refractivity contribution >= 4 is 11.6 Å². The van der Waals surface area contributed by atoms with E-state index in [0.29, 0.717) is 17.8 Å². The van der Waals surface area contributed by atoms with Gasteiger partial charge in [0.15, 0.2) is 0 Å². The van der Waals surface area contributed by atoms with Gasteiger partial charge in [-0.05, 0) is 37.9 Å². The first-order valence-electron chi connectivity index (χ1n) is 6.96. The van der Waals surface area contributed by atoms with Crippen molar-refractivity contribution in [3.05, 3.63) is 24.0 Å². The molecule has 3 rings (SSSR count). The van der Waals surface area contributed by atoms with Crippen LogP contribution in [0.2, 0.25) is 0 Å². The first-order valence-corrected chi connectivity index (χ1v) is 6.96. The summed E-state index contributed by atoms with van der Waals surface area (Å²) in [6, 6.07) is 4.47. The molecule has 0 aromatic carbocycles. The molecule has 1 aromatic rings. The van der Waals surface area contributed by atoms with Crippen molar-refractivity contribution < 1.29 is 4.79 Å². The summed E-state index contributed by atoms with van der Waals surface area (Å²) in [6.07, 6.45) is 5.21. The summed E-state index contributed by atoms with van der Waals surface area (Å²) in [4.78, 5) is 18.9. The Hall–Kier alpha value is -1.62. The van der Waals surface area contributed by atoms with Crippen LogP contribution in [0.5, 0.6) is 0 Å². The van der Waals surface area contributed by atoms with Gasteiger partial charge in [-0.2, -0.15) is 0 Å². The van der Waals surface area contributed by atoms with Crippen molar-refractivity contribution in [2.45, 2.75) is 31.3 Å². The zero-order chi connectivity index (χ0) is 13.2. The lowest BCUT2D eigenvalue weighted by atomic mass is 10.1. The fourth-order valence-corrected chi connectivity index (χ4v) is 3.17. The lowest BCUT2D eigenvalue weighted by Crippen LogP contribution is -2.42. The van der Waals surface area contributed by atoms with Crippen LogP contribution >= 0.6 is 0 Å². The van der Waals surface area contributed by atoms with Crippen LogP contribution in [-0.2, 0) is 0 Å². The number of rotatable bonds is 3. The molecule has 0 saturated carbocycles. The number of hydrogen-bond donors (Lipinski definition) is 2. The fourth-order valence-electron chi connectivity index (χ4n) is 3.17. The molecule has 0 aliphatic carbocycles. The van der Waals surface area contributed by atoms with Crippen LogP contribution < -0.4 is 10.6 Å². The van der Waals surface area contributed by atoms with E-state index in [4.69, 9.17) is 0 Å². The van der Waals surface area contributed by atoms with Crippen LogP contribution in [0.4, 0.5) is 5.69 Å². The molecular formula is C14H20N4O. The molecule has 2 unspecified atom stereocenters. The second-order valence-corrected chi connectivity index (χ2v) is 5.30. The molecular weight excluding hydrogens is 240 g/mol. The summed E-state index contributed by atoms with van der Waals surface area (Å²) >= 11 is 0. The van der Waals surface area contributed by atoms with Gasteiger partial charge < -0.3 is 10.6 Å². The van der Waals surface area contributed by atoms with E-state index in [0.717, 1.165) is 18.7 Å². The van der Waals surface area contributed by atoms with Gasteiger partial charge in [0, 0.05) is 25.7 Å². The number of anilines is 1. The highest BCUT2D eigenvalue weighted by Gasteiger charge is 2.37. The maximum absolute atomic E-state index is 12.2. The molecule has 1 amide bonds. The molecule has 19 heavy (non-hydrogen) atoms. The number of carbonyl (C=O) groups excluding carboxylic acids is 1. The Labute approximate surface area is 113 Å². The summed E-state index contributed by atoms with van der Waals surface area (Å²) in [7, 11) is 1.84. The molecule has 0 radical (unpaired) electrons. The lowest BCUT2D eigenvalue weighted by molar-refractivity contribution is 0.0924. The van der Waals surface area contributed by atoms with E-state index in [9.17, 15) is 4.79 Å². The van der Waals surface area contributed by atoms with Gasteiger partial charge in [-0.25, -0.2) is 4.98 Å². The van der Waals surface area contributed by atoms with Crippen LogP contribution in [0.25, 0.3) is 0 Å². The van der Waals surface area contributed by atoms with Crippen molar-refractivity contribution in [1.82, 2.24) is 15.2 Å². The monoisotopic (exact) mass is 260 g/mol. The summed E-state index contributed by atoms with van der Waals surface area (Å²) in [5.74, 6) is -0.0543. The highest BCUT2D eigenvalue weighted by atomic mass is 16.2. The van der Waals surface area contributed by atoms with Crippen LogP contribution in [-0.4, -0.2) is 48.0 Å². The molecule has 1 aromatic heterocycles. The number of carbonyl (C=O) groups is 1. The number of fused-ring (bicyclic) bond motifs is 1. The smallest absolute Gasteiger partial charge is 0.270 e. The second-order valence-electron chi connectivity index (χ2n) is 5.30. The van der Waals surface area contributed by atoms with E-state index in [2.05, 4.69) is 20.5 Å². The standard InChI is InChI=1S/C14H20N4O/c1-15-10-4-5-12(16-9-10)14(19)17-11-6-8-18-7-2-3-13(11)18/h4-5,9,11,13,15H,2-3,6-8H2,1H3,(H,17,19). The molecule has 2 saturated heterocycles. The summed E-state index contributed by atoms with van der Waals surface area (Å²) < 4.78 is 0. The average molecular weight is 260 g/mol. The predicted octanol–water partition coefficient (Wildman–Crippen LogP) is 1.09. The van der Waals surface area contributed by atoms with Crippen molar-refractivity contribution in [2.75, 3.05) is 25.5 Å². The molecule has 2 fully saturated rings. The number of amides is 1. The molecule has 0 bridgehead atoms. The highest BCUT2D eigenvalue weighted by Crippen LogP contribution is 2.27. The number of nitrogens with zero attached hydrogens (tertiary/aromatic N) is 2. The van der Waals surface area contributed by atoms with Gasteiger partial charge in [0.05, 0.1) is 11.9 Å². The van der Waals surface area contributed by atoms with Crippen molar-refractivity contribution in [3.8, 4) is 0 Å². The second kappa shape index (κ2) is 5.17. The van der Waals surface area contributed by atoms with Gasteiger partial charge in [-0.3, -0.25) is 9.69 Å². The Morgan fingerprint density at radius 2 is 2.26 bits per heavy atom. The summed E-state index contributed by atoms with van der Waals surface area (Å²) in [5, 5.41) is 6.14. The average Bonchev–Trinajstić information content (AvgIpc) is 3.04. The Balaban J connectivity index is 1.64. The van der Waals surface area contributed by atoms with Gasteiger partial charge in [-0.15, -0.1) is 0 Å². The first kappa shape index (κ1) is 12.4. The quantitative estimate of drug-likeness (QED) is 0.854. The summed E-state index contributed by atoms with van der Waals surface area (Å²) in [6.45, 7) is 2.30. The third kappa shape index (κ3) is 2.42. The van der Waals surface area contributed by atoms with E-state index >= 15 is 0 Å². The Morgan fingerprint density at radius 1 is 1.37 bits per heavy atom. The number of pyridine rings is 1. The zero-order valence-corrected chi connectivity index (χ0v) is 11.2. The van der Waals surface area contributed by atoms with Gasteiger partial charge >= 0.3 is 0 Å². The van der Waals surface area contributed by atoms with Gasteiger partial charge in [0.2, 0.25) is 0 Å². The molecule has 2 aliphatic rings. The van der Waals surface area contributed by atoms with Gasteiger partial charge in [-0.1, -0.05) is 0 Å². The molecule has 102 valence electrons. The topological polar surface area (TPSA) is 57.3 Å². The normalized spacial score (nSPS) is 26.2. The van der Waals surface area contributed by atoms with Crippen LogP contribution in [0.1, 0.15) is 29.8 Å². The molecule has 5 heteroatoms.